The van der Waals surface area contributed by atoms with Crippen LogP contribution in [-0.2, 0) is 14.4 Å². The fourth-order valence-electron chi connectivity index (χ4n) is 7.28. The average Bonchev–Trinajstić information content (AvgIpc) is 2.88. The number of rotatable bonds is 2. The van der Waals surface area contributed by atoms with Crippen molar-refractivity contribution in [1.29, 1.82) is 0 Å². The molecule has 1 N–H and O–H groups in total. The monoisotopic (exact) mass is 345 g/mol. The van der Waals surface area contributed by atoms with Crippen LogP contribution in [0.15, 0.2) is 0 Å². The molecule has 4 saturated carbocycles. The first-order valence-electron chi connectivity index (χ1n) is 10.1. The second kappa shape index (κ2) is 5.65. The summed E-state index contributed by atoms with van der Waals surface area (Å²) in [5.74, 6) is 2.09. The highest BCUT2D eigenvalue weighted by Crippen LogP contribution is 2.65. The Morgan fingerprint density at radius 1 is 1.08 bits per heavy atom. The molecule has 0 bridgehead atoms. The summed E-state index contributed by atoms with van der Waals surface area (Å²) in [6, 6.07) is -0.388. The van der Waals surface area contributed by atoms with E-state index in [2.05, 4.69) is 26.1 Å². The Kier molecular flexibility index (Phi) is 3.90. The van der Waals surface area contributed by atoms with Gasteiger partial charge in [-0.3, -0.25) is 14.4 Å². The summed E-state index contributed by atoms with van der Waals surface area (Å²) in [7, 11) is 0. The molecule has 138 valence electrons. The fraction of sp³-hybridized carbons (Fsp3) is 0.857. The van der Waals surface area contributed by atoms with Gasteiger partial charge in [0.2, 0.25) is 6.41 Å². The van der Waals surface area contributed by atoms with Gasteiger partial charge in [-0.05, 0) is 61.2 Å². The van der Waals surface area contributed by atoms with Crippen molar-refractivity contribution in [2.45, 2.75) is 71.8 Å². The van der Waals surface area contributed by atoms with Crippen LogP contribution in [-0.4, -0.2) is 24.0 Å². The standard InChI is InChI=1S/C21H31NO3/c1-12-6-8-20(2)14-7-9-21(3)13(4-5-16(21)24)17(14)18(22-11-23)19(25)15(20)10-12/h11-15,17-18H,4-10H2,1-3H3,(H,22,23)/t12?,13-,14-,15?,17-,18-,20+,21-/m0/s1. The van der Waals surface area contributed by atoms with Crippen LogP contribution < -0.4 is 5.32 Å². The maximum atomic E-state index is 13.4. The van der Waals surface area contributed by atoms with Gasteiger partial charge in [-0.25, -0.2) is 0 Å². The van der Waals surface area contributed by atoms with Crippen LogP contribution in [0.5, 0.6) is 0 Å². The van der Waals surface area contributed by atoms with Crippen molar-refractivity contribution in [2.24, 2.45) is 40.4 Å². The number of hydrogen-bond acceptors (Lipinski definition) is 3. The first-order chi connectivity index (χ1) is 11.8. The second-order valence-corrected chi connectivity index (χ2v) is 9.81. The van der Waals surface area contributed by atoms with Crippen molar-refractivity contribution in [3.05, 3.63) is 0 Å². The van der Waals surface area contributed by atoms with E-state index in [1.807, 2.05) is 0 Å². The molecule has 4 rings (SSSR count). The molecule has 4 nitrogen and oxygen atoms in total. The highest BCUT2D eigenvalue weighted by atomic mass is 16.1. The van der Waals surface area contributed by atoms with Gasteiger partial charge in [0.05, 0.1) is 6.04 Å². The van der Waals surface area contributed by atoms with Gasteiger partial charge in [0.25, 0.3) is 0 Å². The lowest BCUT2D eigenvalue weighted by atomic mass is 9.43. The van der Waals surface area contributed by atoms with Crippen molar-refractivity contribution in [1.82, 2.24) is 5.32 Å². The highest BCUT2D eigenvalue weighted by Gasteiger charge is 2.65. The summed E-state index contributed by atoms with van der Waals surface area (Å²) in [4.78, 5) is 37.3. The maximum absolute atomic E-state index is 13.4. The highest BCUT2D eigenvalue weighted by molar-refractivity contribution is 5.91. The minimum absolute atomic E-state index is 0.0439. The lowest BCUT2D eigenvalue weighted by Crippen LogP contribution is -2.65. The number of fused-ring (bicyclic) bond motifs is 5. The summed E-state index contributed by atoms with van der Waals surface area (Å²) in [6.07, 6.45) is 7.47. The Balaban J connectivity index is 1.77. The van der Waals surface area contributed by atoms with Gasteiger partial charge in [0.15, 0.2) is 5.78 Å². The van der Waals surface area contributed by atoms with Crippen LogP contribution in [0.25, 0.3) is 0 Å². The predicted molar refractivity (Wildman–Crippen MR) is 94.7 cm³/mol. The summed E-state index contributed by atoms with van der Waals surface area (Å²) >= 11 is 0. The van der Waals surface area contributed by atoms with E-state index in [4.69, 9.17) is 0 Å². The van der Waals surface area contributed by atoms with Crippen LogP contribution in [0.2, 0.25) is 0 Å². The van der Waals surface area contributed by atoms with Gasteiger partial charge in [-0.15, -0.1) is 0 Å². The van der Waals surface area contributed by atoms with E-state index in [-0.39, 0.29) is 40.4 Å². The van der Waals surface area contributed by atoms with E-state index >= 15 is 0 Å². The van der Waals surface area contributed by atoms with E-state index in [9.17, 15) is 14.4 Å². The lowest BCUT2D eigenvalue weighted by Gasteiger charge is -2.61. The maximum Gasteiger partial charge on any atom is 0.207 e. The Labute approximate surface area is 150 Å². The molecule has 0 aromatic carbocycles. The zero-order chi connectivity index (χ0) is 18.0. The number of carbonyl (C=O) groups is 3. The molecule has 1 amide bonds. The summed E-state index contributed by atoms with van der Waals surface area (Å²) in [5.41, 5.74) is -0.238. The molecule has 4 fully saturated rings. The van der Waals surface area contributed by atoms with Gasteiger partial charge in [-0.2, -0.15) is 0 Å². The van der Waals surface area contributed by atoms with Crippen LogP contribution >= 0.6 is 0 Å². The number of ketones is 2. The zero-order valence-corrected chi connectivity index (χ0v) is 15.7. The number of Topliss-reactive ketones (excluding diaryl/α,β-unsaturated/α-hetero) is 2. The second-order valence-electron chi connectivity index (χ2n) is 9.81. The first-order valence-corrected chi connectivity index (χ1v) is 10.1. The average molecular weight is 345 g/mol. The number of nitrogens with one attached hydrogen (secondary N) is 1. The van der Waals surface area contributed by atoms with E-state index in [0.717, 1.165) is 32.1 Å². The fourth-order valence-corrected chi connectivity index (χ4v) is 7.28. The van der Waals surface area contributed by atoms with Crippen molar-refractivity contribution >= 4 is 18.0 Å². The molecule has 0 aliphatic heterocycles. The molecule has 0 aromatic rings. The molecular weight excluding hydrogens is 314 g/mol. The van der Waals surface area contributed by atoms with Crippen molar-refractivity contribution in [3.8, 4) is 0 Å². The summed E-state index contributed by atoms with van der Waals surface area (Å²) in [5, 5.41) is 2.90. The van der Waals surface area contributed by atoms with E-state index < -0.39 is 0 Å². The van der Waals surface area contributed by atoms with Crippen LogP contribution in [0.1, 0.15) is 65.7 Å². The van der Waals surface area contributed by atoms with Crippen molar-refractivity contribution in [2.75, 3.05) is 0 Å². The SMILES string of the molecule is CC1CC[C@@]2(C)C(C1)C(=O)[C@@H](NC=O)[C@@H]1[C@@H]2CC[C@]2(C)C(=O)CC[C@@H]12. The molecule has 0 heterocycles. The lowest BCUT2D eigenvalue weighted by molar-refractivity contribution is -0.164. The third kappa shape index (κ3) is 2.21. The Morgan fingerprint density at radius 2 is 1.84 bits per heavy atom. The summed E-state index contributed by atoms with van der Waals surface area (Å²) < 4.78 is 0. The Hall–Kier alpha value is -1.19. The third-order valence-corrected chi connectivity index (χ3v) is 8.78. The molecule has 4 aliphatic carbocycles. The zero-order valence-electron chi connectivity index (χ0n) is 15.7. The minimum atomic E-state index is -0.388. The number of hydrogen-bond donors (Lipinski definition) is 1. The molecule has 0 spiro atoms. The van der Waals surface area contributed by atoms with Gasteiger partial charge >= 0.3 is 0 Å². The van der Waals surface area contributed by atoms with Crippen LogP contribution in [0.4, 0.5) is 0 Å². The van der Waals surface area contributed by atoms with Crippen LogP contribution in [0.3, 0.4) is 0 Å². The largest absolute Gasteiger partial charge is 0.349 e. The van der Waals surface area contributed by atoms with Gasteiger partial charge < -0.3 is 5.32 Å². The summed E-state index contributed by atoms with van der Waals surface area (Å²) in [6.45, 7) is 6.69. The quantitative estimate of drug-likeness (QED) is 0.782. The van der Waals surface area contributed by atoms with Crippen molar-refractivity contribution < 1.29 is 14.4 Å². The molecule has 25 heavy (non-hydrogen) atoms. The van der Waals surface area contributed by atoms with E-state index in [1.54, 1.807) is 0 Å². The third-order valence-electron chi connectivity index (χ3n) is 8.78. The topological polar surface area (TPSA) is 63.2 Å². The van der Waals surface area contributed by atoms with Gasteiger partial charge in [0.1, 0.15) is 5.78 Å². The molecule has 0 radical (unpaired) electrons. The first kappa shape index (κ1) is 17.2. The predicted octanol–water partition coefficient (Wildman–Crippen LogP) is 3.14. The number of carbonyl (C=O) groups excluding carboxylic acids is 3. The van der Waals surface area contributed by atoms with E-state index in [0.29, 0.717) is 30.4 Å². The molecule has 0 saturated heterocycles. The smallest absolute Gasteiger partial charge is 0.207 e. The van der Waals surface area contributed by atoms with E-state index in [1.165, 1.54) is 6.42 Å². The molecule has 8 atom stereocenters. The molecule has 4 heteroatoms. The Bertz CT molecular complexity index is 616. The molecular formula is C21H31NO3. The normalized spacial score (nSPS) is 52.1. The Morgan fingerprint density at radius 3 is 2.56 bits per heavy atom. The molecule has 2 unspecified atom stereocenters. The van der Waals surface area contributed by atoms with Gasteiger partial charge in [0, 0.05) is 17.8 Å². The van der Waals surface area contributed by atoms with Crippen LogP contribution in [0, 0.1) is 40.4 Å². The van der Waals surface area contributed by atoms with Crippen molar-refractivity contribution in [3.63, 3.8) is 0 Å². The van der Waals surface area contributed by atoms with Gasteiger partial charge in [-0.1, -0.05) is 27.2 Å². The molecule has 4 aliphatic rings. The number of amides is 1. The molecule has 0 aromatic heterocycles. The minimum Gasteiger partial charge on any atom is -0.349 e.